The number of ether oxygens (including phenoxy) is 1. The molecule has 39 heavy (non-hydrogen) atoms. The van der Waals surface area contributed by atoms with Gasteiger partial charge in [0.1, 0.15) is 17.6 Å². The molecule has 3 amide bonds. The summed E-state index contributed by atoms with van der Waals surface area (Å²) in [6, 6.07) is 15.9. The number of aromatic nitrogens is 2. The number of hydrogen-bond acceptors (Lipinski definition) is 8. The van der Waals surface area contributed by atoms with Gasteiger partial charge in [-0.2, -0.15) is 10.1 Å². The minimum atomic E-state index is -0.700. The zero-order chi connectivity index (χ0) is 27.4. The third kappa shape index (κ3) is 5.85. The molecule has 12 heteroatoms. The van der Waals surface area contributed by atoms with Crippen molar-refractivity contribution >= 4 is 52.0 Å². The van der Waals surface area contributed by atoms with E-state index in [-0.39, 0.29) is 36.3 Å². The number of anilines is 1. The Bertz CT molecular complexity index is 1480. The van der Waals surface area contributed by atoms with E-state index < -0.39 is 6.04 Å². The zero-order valence-electron chi connectivity index (χ0n) is 21.4. The van der Waals surface area contributed by atoms with Crippen molar-refractivity contribution in [3.8, 4) is 5.75 Å². The molecule has 0 radical (unpaired) electrons. The number of nitrogens with zero attached hydrogens (tertiary/aromatic N) is 4. The first kappa shape index (κ1) is 26.2. The highest BCUT2D eigenvalue weighted by Crippen LogP contribution is 2.35. The van der Waals surface area contributed by atoms with Crippen LogP contribution < -0.4 is 15.4 Å². The third-order valence-electron chi connectivity index (χ3n) is 6.23. The van der Waals surface area contributed by atoms with Gasteiger partial charge in [-0.1, -0.05) is 42.1 Å². The monoisotopic (exact) mass is 545 g/mol. The van der Waals surface area contributed by atoms with Gasteiger partial charge in [-0.05, 0) is 31.5 Å². The lowest BCUT2D eigenvalue weighted by Crippen LogP contribution is -2.44. The van der Waals surface area contributed by atoms with Crippen LogP contribution in [-0.2, 0) is 20.9 Å². The number of carbonyl (C=O) groups excluding carboxylic acids is 3. The fourth-order valence-corrected chi connectivity index (χ4v) is 5.21. The van der Waals surface area contributed by atoms with E-state index >= 15 is 0 Å². The highest BCUT2D eigenvalue weighted by molar-refractivity contribution is 8.14. The van der Waals surface area contributed by atoms with Gasteiger partial charge in [0, 0.05) is 35.9 Å². The number of benzene rings is 2. The van der Waals surface area contributed by atoms with Gasteiger partial charge in [0.2, 0.25) is 11.8 Å². The summed E-state index contributed by atoms with van der Waals surface area (Å²) in [6.45, 7) is 2.16. The van der Waals surface area contributed by atoms with Crippen molar-refractivity contribution in [2.75, 3.05) is 18.2 Å². The Morgan fingerprint density at radius 2 is 1.90 bits per heavy atom. The molecule has 5 rings (SSSR count). The SMILES string of the molecule is COc1ccccc1CNC(=O)CCC1C(=O)N=C2c3ccccc3N=C(SCC(=O)Nc3cc(C)[nH]n3)N21. The molecule has 1 atom stereocenters. The molecule has 0 aliphatic carbocycles. The van der Waals surface area contributed by atoms with Crippen LogP contribution in [0.2, 0.25) is 0 Å². The van der Waals surface area contributed by atoms with E-state index in [0.717, 1.165) is 16.8 Å². The van der Waals surface area contributed by atoms with Gasteiger partial charge in [-0.25, -0.2) is 4.99 Å². The summed E-state index contributed by atoms with van der Waals surface area (Å²) in [7, 11) is 1.58. The van der Waals surface area contributed by atoms with Crippen LogP contribution in [0.25, 0.3) is 0 Å². The fourth-order valence-electron chi connectivity index (χ4n) is 4.37. The molecule has 3 N–H and O–H groups in total. The number of fused-ring (bicyclic) bond motifs is 3. The van der Waals surface area contributed by atoms with E-state index in [4.69, 9.17) is 9.73 Å². The minimum Gasteiger partial charge on any atom is -0.496 e. The summed E-state index contributed by atoms with van der Waals surface area (Å²) in [5, 5.41) is 12.9. The number of para-hydroxylation sites is 2. The number of aliphatic imine (C=N–C) groups is 2. The van der Waals surface area contributed by atoms with Gasteiger partial charge in [0.15, 0.2) is 11.0 Å². The van der Waals surface area contributed by atoms with Gasteiger partial charge in [-0.3, -0.25) is 24.4 Å². The molecule has 0 fully saturated rings. The molecule has 0 saturated carbocycles. The topological polar surface area (TPSA) is 141 Å². The van der Waals surface area contributed by atoms with E-state index in [1.807, 2.05) is 55.5 Å². The van der Waals surface area contributed by atoms with E-state index in [1.165, 1.54) is 11.8 Å². The van der Waals surface area contributed by atoms with E-state index in [9.17, 15) is 14.4 Å². The van der Waals surface area contributed by atoms with E-state index in [0.29, 0.717) is 34.8 Å². The first-order chi connectivity index (χ1) is 18.9. The fraction of sp³-hybridized carbons (Fsp3) is 0.259. The maximum Gasteiger partial charge on any atom is 0.270 e. The number of carbonyl (C=O) groups is 3. The Labute approximate surface area is 229 Å². The van der Waals surface area contributed by atoms with Crippen LogP contribution in [0.3, 0.4) is 0 Å². The number of hydrogen-bond donors (Lipinski definition) is 3. The maximum atomic E-state index is 13.0. The molecule has 200 valence electrons. The summed E-state index contributed by atoms with van der Waals surface area (Å²) in [5.74, 6) is 0.864. The second-order valence-electron chi connectivity index (χ2n) is 8.97. The molecule has 3 heterocycles. The number of aromatic amines is 1. The molecular formula is C27H27N7O4S. The van der Waals surface area contributed by atoms with Crippen LogP contribution in [0.15, 0.2) is 64.6 Å². The van der Waals surface area contributed by atoms with Crippen LogP contribution >= 0.6 is 11.8 Å². The Morgan fingerprint density at radius 3 is 2.69 bits per heavy atom. The number of aryl methyl sites for hydroxylation is 1. The van der Waals surface area contributed by atoms with Crippen molar-refractivity contribution in [3.05, 3.63) is 71.4 Å². The molecule has 2 aromatic carbocycles. The number of amidine groups is 2. The normalized spacial score (nSPS) is 15.7. The van der Waals surface area contributed by atoms with Gasteiger partial charge in [-0.15, -0.1) is 0 Å². The molecule has 0 saturated heterocycles. The average molecular weight is 546 g/mol. The quantitative estimate of drug-likeness (QED) is 0.375. The molecular weight excluding hydrogens is 518 g/mol. The number of nitrogens with one attached hydrogen (secondary N) is 3. The molecule has 1 aromatic heterocycles. The van der Waals surface area contributed by atoms with Crippen molar-refractivity contribution in [2.24, 2.45) is 9.98 Å². The number of thioether (sulfide) groups is 1. The number of methoxy groups -OCH3 is 1. The highest BCUT2D eigenvalue weighted by Gasteiger charge is 2.41. The summed E-state index contributed by atoms with van der Waals surface area (Å²) < 4.78 is 5.34. The van der Waals surface area contributed by atoms with E-state index in [2.05, 4.69) is 25.8 Å². The Hall–Kier alpha value is -4.45. The molecule has 0 bridgehead atoms. The van der Waals surface area contributed by atoms with Gasteiger partial charge < -0.3 is 15.4 Å². The van der Waals surface area contributed by atoms with Crippen LogP contribution in [0.4, 0.5) is 11.5 Å². The summed E-state index contributed by atoms with van der Waals surface area (Å²) in [4.78, 5) is 49.1. The molecule has 1 unspecified atom stereocenters. The standard InChI is InChI=1S/C27H27N7O4S/c1-16-13-22(33-32-16)30-24(36)15-39-27-29-19-9-5-4-8-18(19)25-31-26(37)20(34(25)27)11-12-23(35)28-14-17-7-3-6-10-21(17)38-2/h3-10,13,20H,11-12,14-15H2,1-2H3,(H,28,35)(H2,30,32,33,36). The molecule has 3 aromatic rings. The minimum absolute atomic E-state index is 0.0526. The van der Waals surface area contributed by atoms with E-state index in [1.54, 1.807) is 18.1 Å². The van der Waals surface area contributed by atoms with Gasteiger partial charge in [0.25, 0.3) is 5.91 Å². The zero-order valence-corrected chi connectivity index (χ0v) is 22.2. The summed E-state index contributed by atoms with van der Waals surface area (Å²) in [5.41, 5.74) is 3.09. The smallest absolute Gasteiger partial charge is 0.270 e. The van der Waals surface area contributed by atoms with Crippen LogP contribution in [0, 0.1) is 6.92 Å². The molecule has 11 nitrogen and oxygen atoms in total. The van der Waals surface area contributed by atoms with Crippen LogP contribution in [-0.4, -0.2) is 62.7 Å². The van der Waals surface area contributed by atoms with Crippen LogP contribution in [0.5, 0.6) is 5.75 Å². The largest absolute Gasteiger partial charge is 0.496 e. The lowest BCUT2D eigenvalue weighted by atomic mass is 10.1. The second-order valence-corrected chi connectivity index (χ2v) is 9.91. The Morgan fingerprint density at radius 1 is 1.10 bits per heavy atom. The predicted octanol–water partition coefficient (Wildman–Crippen LogP) is 3.15. The number of rotatable bonds is 9. The van der Waals surface area contributed by atoms with Crippen molar-refractivity contribution in [2.45, 2.75) is 32.4 Å². The van der Waals surface area contributed by atoms with Crippen molar-refractivity contribution in [3.63, 3.8) is 0 Å². The summed E-state index contributed by atoms with van der Waals surface area (Å²) >= 11 is 1.20. The number of amides is 3. The van der Waals surface area contributed by atoms with Crippen LogP contribution in [0.1, 0.15) is 29.7 Å². The van der Waals surface area contributed by atoms with Crippen molar-refractivity contribution in [1.82, 2.24) is 20.4 Å². The van der Waals surface area contributed by atoms with Gasteiger partial charge in [0.05, 0.1) is 18.6 Å². The second kappa shape index (κ2) is 11.5. The highest BCUT2D eigenvalue weighted by atomic mass is 32.2. The molecule has 0 spiro atoms. The predicted molar refractivity (Wildman–Crippen MR) is 149 cm³/mol. The molecule has 2 aliphatic rings. The Balaban J connectivity index is 1.26. The number of H-pyrrole nitrogens is 1. The lowest BCUT2D eigenvalue weighted by molar-refractivity contribution is -0.122. The first-order valence-electron chi connectivity index (χ1n) is 12.4. The average Bonchev–Trinajstić information content (AvgIpc) is 3.51. The first-order valence-corrected chi connectivity index (χ1v) is 13.3. The van der Waals surface area contributed by atoms with Gasteiger partial charge >= 0.3 is 0 Å². The molecule has 2 aliphatic heterocycles. The van der Waals surface area contributed by atoms with Crippen molar-refractivity contribution < 1.29 is 19.1 Å². The van der Waals surface area contributed by atoms with Crippen molar-refractivity contribution in [1.29, 1.82) is 0 Å². The maximum absolute atomic E-state index is 13.0. The lowest BCUT2D eigenvalue weighted by Gasteiger charge is -2.31. The Kier molecular flexibility index (Phi) is 7.73. The third-order valence-corrected chi connectivity index (χ3v) is 7.18. The summed E-state index contributed by atoms with van der Waals surface area (Å²) in [6.07, 6.45) is 0.355.